The van der Waals surface area contributed by atoms with E-state index in [9.17, 15) is 0 Å². The van der Waals surface area contributed by atoms with Crippen LogP contribution in [0.3, 0.4) is 0 Å². The Kier molecular flexibility index (Phi) is 8.63. The van der Waals surface area contributed by atoms with Crippen molar-refractivity contribution < 1.29 is 0 Å². The summed E-state index contributed by atoms with van der Waals surface area (Å²) in [5.74, 6) is 0. The topological polar surface area (TPSA) is 15.3 Å². The Hall–Kier alpha value is -0.860. The summed E-state index contributed by atoms with van der Waals surface area (Å²) < 4.78 is 0. The van der Waals surface area contributed by atoms with Gasteiger partial charge in [0.05, 0.1) is 0 Å². The number of rotatable bonds is 10. The summed E-state index contributed by atoms with van der Waals surface area (Å²) in [5.41, 5.74) is 2.73. The molecule has 0 amide bonds. The van der Waals surface area contributed by atoms with Crippen molar-refractivity contribution in [2.24, 2.45) is 0 Å². The Morgan fingerprint density at radius 1 is 1.00 bits per heavy atom. The highest BCUT2D eigenvalue weighted by Crippen LogP contribution is 2.22. The third-order valence-corrected chi connectivity index (χ3v) is 4.40. The van der Waals surface area contributed by atoms with Crippen LogP contribution in [-0.2, 0) is 0 Å². The molecule has 0 aliphatic rings. The molecule has 0 bridgehead atoms. The molecule has 0 radical (unpaired) electrons. The van der Waals surface area contributed by atoms with E-state index in [2.05, 4.69) is 69.2 Å². The molecule has 1 aromatic carbocycles. The molecular formula is C19H34N2. The summed E-state index contributed by atoms with van der Waals surface area (Å²) >= 11 is 0. The van der Waals surface area contributed by atoms with Gasteiger partial charge >= 0.3 is 0 Å². The fourth-order valence-electron chi connectivity index (χ4n) is 2.91. The molecule has 2 unspecified atom stereocenters. The van der Waals surface area contributed by atoms with Crippen molar-refractivity contribution in [1.82, 2.24) is 10.2 Å². The van der Waals surface area contributed by atoms with Crippen molar-refractivity contribution in [1.29, 1.82) is 0 Å². The molecule has 21 heavy (non-hydrogen) atoms. The van der Waals surface area contributed by atoms with E-state index >= 15 is 0 Å². The molecular weight excluding hydrogens is 256 g/mol. The summed E-state index contributed by atoms with van der Waals surface area (Å²) in [7, 11) is 2.08. The predicted octanol–water partition coefficient (Wildman–Crippen LogP) is 4.55. The molecule has 2 heteroatoms. The van der Waals surface area contributed by atoms with Crippen molar-refractivity contribution in [3.8, 4) is 0 Å². The average Bonchev–Trinajstić information content (AvgIpc) is 2.50. The molecule has 2 atom stereocenters. The van der Waals surface area contributed by atoms with Crippen molar-refractivity contribution in [2.75, 3.05) is 20.1 Å². The van der Waals surface area contributed by atoms with Gasteiger partial charge in [-0.1, -0.05) is 56.5 Å². The molecule has 0 aromatic heterocycles. The van der Waals surface area contributed by atoms with Gasteiger partial charge in [0.15, 0.2) is 0 Å². The fourth-order valence-corrected chi connectivity index (χ4v) is 2.91. The lowest BCUT2D eigenvalue weighted by atomic mass is 9.97. The van der Waals surface area contributed by atoms with Crippen LogP contribution in [0.5, 0.6) is 0 Å². The van der Waals surface area contributed by atoms with E-state index in [1.54, 1.807) is 0 Å². The number of nitrogens with zero attached hydrogens (tertiary/aromatic N) is 1. The molecule has 0 spiro atoms. The van der Waals surface area contributed by atoms with Crippen LogP contribution >= 0.6 is 0 Å². The SMILES string of the molecule is CCCCN(CCCC)C(C)C(NC)c1ccc(C)cc1. The molecule has 0 heterocycles. The molecule has 1 N–H and O–H groups in total. The van der Waals surface area contributed by atoms with E-state index in [1.807, 2.05) is 0 Å². The van der Waals surface area contributed by atoms with Crippen LogP contribution in [0.25, 0.3) is 0 Å². The average molecular weight is 290 g/mol. The molecule has 0 saturated carbocycles. The quantitative estimate of drug-likeness (QED) is 0.680. The Labute approximate surface area is 131 Å². The summed E-state index contributed by atoms with van der Waals surface area (Å²) in [5, 5.41) is 3.53. The zero-order valence-electron chi connectivity index (χ0n) is 14.7. The number of aryl methyl sites for hydroxylation is 1. The third-order valence-electron chi connectivity index (χ3n) is 4.40. The summed E-state index contributed by atoms with van der Waals surface area (Å²) in [6.45, 7) is 11.5. The lowest BCUT2D eigenvalue weighted by Crippen LogP contribution is -2.43. The minimum atomic E-state index is 0.402. The Morgan fingerprint density at radius 2 is 1.52 bits per heavy atom. The number of benzene rings is 1. The van der Waals surface area contributed by atoms with E-state index in [0.717, 1.165) is 0 Å². The van der Waals surface area contributed by atoms with E-state index in [0.29, 0.717) is 12.1 Å². The minimum absolute atomic E-state index is 0.402. The lowest BCUT2D eigenvalue weighted by molar-refractivity contribution is 0.167. The number of nitrogens with one attached hydrogen (secondary N) is 1. The second kappa shape index (κ2) is 9.97. The van der Waals surface area contributed by atoms with Crippen molar-refractivity contribution >= 4 is 0 Å². The maximum atomic E-state index is 3.53. The Balaban J connectivity index is 2.80. The first-order valence-electron chi connectivity index (χ1n) is 8.61. The van der Waals surface area contributed by atoms with Gasteiger partial charge in [-0.2, -0.15) is 0 Å². The minimum Gasteiger partial charge on any atom is -0.312 e. The van der Waals surface area contributed by atoms with Gasteiger partial charge in [0, 0.05) is 12.1 Å². The summed E-state index contributed by atoms with van der Waals surface area (Å²) in [4.78, 5) is 2.66. The highest BCUT2D eigenvalue weighted by atomic mass is 15.2. The van der Waals surface area contributed by atoms with Crippen LogP contribution in [0, 0.1) is 6.92 Å². The second-order valence-corrected chi connectivity index (χ2v) is 6.16. The van der Waals surface area contributed by atoms with Gasteiger partial charge < -0.3 is 5.32 Å². The molecule has 1 aromatic rings. The zero-order valence-corrected chi connectivity index (χ0v) is 14.7. The van der Waals surface area contributed by atoms with Crippen LogP contribution in [0.4, 0.5) is 0 Å². The van der Waals surface area contributed by atoms with Crippen molar-refractivity contribution in [3.63, 3.8) is 0 Å². The normalized spacial score (nSPS) is 14.4. The van der Waals surface area contributed by atoms with Crippen LogP contribution in [-0.4, -0.2) is 31.1 Å². The molecule has 120 valence electrons. The van der Waals surface area contributed by atoms with Gasteiger partial charge in [-0.15, -0.1) is 0 Å². The standard InChI is InChI=1S/C19H34N2/c1-6-8-14-21(15-9-7-2)17(4)19(20-5)18-12-10-16(3)11-13-18/h10-13,17,19-20H,6-9,14-15H2,1-5H3. The molecule has 0 saturated heterocycles. The molecule has 0 aliphatic carbocycles. The van der Waals surface area contributed by atoms with E-state index < -0.39 is 0 Å². The number of unbranched alkanes of at least 4 members (excludes halogenated alkanes) is 2. The first-order chi connectivity index (χ1) is 10.1. The highest BCUT2D eigenvalue weighted by Gasteiger charge is 2.23. The number of likely N-dealkylation sites (N-methyl/N-ethyl adjacent to an activating group) is 1. The molecule has 0 aliphatic heterocycles. The third kappa shape index (κ3) is 5.80. The van der Waals surface area contributed by atoms with Gasteiger partial charge in [0.25, 0.3) is 0 Å². The maximum Gasteiger partial charge on any atom is 0.0473 e. The van der Waals surface area contributed by atoms with E-state index in [-0.39, 0.29) is 0 Å². The van der Waals surface area contributed by atoms with Crippen LogP contribution in [0.1, 0.15) is 63.6 Å². The lowest BCUT2D eigenvalue weighted by Gasteiger charge is -2.35. The van der Waals surface area contributed by atoms with Crippen molar-refractivity contribution in [3.05, 3.63) is 35.4 Å². The van der Waals surface area contributed by atoms with Gasteiger partial charge in [-0.05, 0) is 52.4 Å². The molecule has 0 fully saturated rings. The summed E-state index contributed by atoms with van der Waals surface area (Å²) in [6.07, 6.45) is 5.12. The number of hydrogen-bond acceptors (Lipinski definition) is 2. The molecule has 2 nitrogen and oxygen atoms in total. The summed E-state index contributed by atoms with van der Waals surface area (Å²) in [6, 6.07) is 9.90. The van der Waals surface area contributed by atoms with Gasteiger partial charge in [0.2, 0.25) is 0 Å². The Bertz CT molecular complexity index is 364. The largest absolute Gasteiger partial charge is 0.312 e. The highest BCUT2D eigenvalue weighted by molar-refractivity contribution is 5.25. The smallest absolute Gasteiger partial charge is 0.0473 e. The van der Waals surface area contributed by atoms with E-state index in [1.165, 1.54) is 49.9 Å². The van der Waals surface area contributed by atoms with Gasteiger partial charge in [0.1, 0.15) is 0 Å². The van der Waals surface area contributed by atoms with Crippen molar-refractivity contribution in [2.45, 2.75) is 65.5 Å². The zero-order chi connectivity index (χ0) is 15.7. The van der Waals surface area contributed by atoms with Crippen LogP contribution in [0.2, 0.25) is 0 Å². The van der Waals surface area contributed by atoms with E-state index in [4.69, 9.17) is 0 Å². The first-order valence-corrected chi connectivity index (χ1v) is 8.61. The van der Waals surface area contributed by atoms with Crippen LogP contribution < -0.4 is 5.32 Å². The number of hydrogen-bond donors (Lipinski definition) is 1. The maximum absolute atomic E-state index is 3.53. The molecule has 1 rings (SSSR count). The second-order valence-electron chi connectivity index (χ2n) is 6.16. The van der Waals surface area contributed by atoms with Gasteiger partial charge in [-0.25, -0.2) is 0 Å². The Morgan fingerprint density at radius 3 is 1.95 bits per heavy atom. The fraction of sp³-hybridized carbons (Fsp3) is 0.684. The van der Waals surface area contributed by atoms with Gasteiger partial charge in [-0.3, -0.25) is 4.90 Å². The monoisotopic (exact) mass is 290 g/mol. The first kappa shape index (κ1) is 18.2. The van der Waals surface area contributed by atoms with Crippen LogP contribution in [0.15, 0.2) is 24.3 Å². The predicted molar refractivity (Wildman–Crippen MR) is 93.8 cm³/mol.